The number of rotatable bonds is 8. The maximum absolute atomic E-state index is 12.2. The number of methoxy groups -OCH3 is 3. The summed E-state index contributed by atoms with van der Waals surface area (Å²) in [5.41, 5.74) is 3.96. The number of hydrogen-bond acceptors (Lipinski definition) is 6. The second-order valence-corrected chi connectivity index (χ2v) is 5.41. The summed E-state index contributed by atoms with van der Waals surface area (Å²) < 4.78 is 15.7. The number of anilines is 1. The fraction of sp³-hybridized carbons (Fsp3) is 0.263. The Hall–Kier alpha value is -3.22. The molecule has 2 aromatic rings. The molecular formula is C19H23N3O4. The van der Waals surface area contributed by atoms with Gasteiger partial charge >= 0.3 is 0 Å². The van der Waals surface area contributed by atoms with Crippen LogP contribution in [0.4, 0.5) is 5.69 Å². The Kier molecular flexibility index (Phi) is 6.84. The number of nitrogens with zero attached hydrogens (tertiary/aromatic N) is 1. The monoisotopic (exact) mass is 357 g/mol. The molecule has 1 atom stereocenters. The topological polar surface area (TPSA) is 81.2 Å². The Bertz CT molecular complexity index is 777. The van der Waals surface area contributed by atoms with Gasteiger partial charge in [0.2, 0.25) is 0 Å². The molecule has 0 aliphatic rings. The number of nitrogens with one attached hydrogen (secondary N) is 2. The minimum atomic E-state index is -0.499. The van der Waals surface area contributed by atoms with E-state index in [0.29, 0.717) is 17.2 Å². The van der Waals surface area contributed by atoms with E-state index in [1.54, 1.807) is 46.5 Å². The van der Waals surface area contributed by atoms with Gasteiger partial charge in [-0.1, -0.05) is 12.1 Å². The van der Waals surface area contributed by atoms with Crippen molar-refractivity contribution in [3.05, 3.63) is 48.0 Å². The number of benzene rings is 2. The second-order valence-electron chi connectivity index (χ2n) is 5.41. The van der Waals surface area contributed by atoms with Crippen LogP contribution in [0.3, 0.4) is 0 Å². The lowest BCUT2D eigenvalue weighted by Gasteiger charge is -2.15. The van der Waals surface area contributed by atoms with Crippen molar-refractivity contribution in [1.29, 1.82) is 0 Å². The van der Waals surface area contributed by atoms with Crippen molar-refractivity contribution in [2.24, 2.45) is 5.10 Å². The summed E-state index contributed by atoms with van der Waals surface area (Å²) >= 11 is 0. The van der Waals surface area contributed by atoms with Crippen LogP contribution in [0.2, 0.25) is 0 Å². The molecule has 0 saturated heterocycles. The lowest BCUT2D eigenvalue weighted by atomic mass is 10.2. The maximum Gasteiger partial charge on any atom is 0.262 e. The summed E-state index contributed by atoms with van der Waals surface area (Å²) in [6, 6.07) is 12.2. The number of carbonyl (C=O) groups is 1. The zero-order valence-corrected chi connectivity index (χ0v) is 15.3. The van der Waals surface area contributed by atoms with Gasteiger partial charge in [0.05, 0.1) is 33.2 Å². The molecule has 0 unspecified atom stereocenters. The molecule has 26 heavy (non-hydrogen) atoms. The van der Waals surface area contributed by atoms with E-state index in [9.17, 15) is 4.79 Å². The maximum atomic E-state index is 12.2. The van der Waals surface area contributed by atoms with Gasteiger partial charge in [-0.3, -0.25) is 4.79 Å². The van der Waals surface area contributed by atoms with E-state index < -0.39 is 6.04 Å². The van der Waals surface area contributed by atoms with E-state index in [1.807, 2.05) is 24.3 Å². The third-order valence-corrected chi connectivity index (χ3v) is 3.69. The van der Waals surface area contributed by atoms with Gasteiger partial charge < -0.3 is 19.5 Å². The average Bonchev–Trinajstić information content (AvgIpc) is 2.68. The second kappa shape index (κ2) is 9.31. The molecule has 0 bridgehead atoms. The fourth-order valence-corrected chi connectivity index (χ4v) is 2.25. The number of amides is 1. The van der Waals surface area contributed by atoms with Crippen molar-refractivity contribution in [3.63, 3.8) is 0 Å². The molecule has 2 N–H and O–H groups in total. The molecule has 0 aliphatic carbocycles. The molecule has 0 fully saturated rings. The summed E-state index contributed by atoms with van der Waals surface area (Å²) in [7, 11) is 4.72. The molecule has 2 rings (SSSR count). The van der Waals surface area contributed by atoms with Gasteiger partial charge in [0.15, 0.2) is 0 Å². The van der Waals surface area contributed by atoms with E-state index in [1.165, 1.54) is 6.21 Å². The van der Waals surface area contributed by atoms with Gasteiger partial charge in [-0.2, -0.15) is 5.10 Å². The number of ether oxygens (including phenoxy) is 3. The number of hydrazone groups is 1. The highest BCUT2D eigenvalue weighted by Crippen LogP contribution is 2.24. The van der Waals surface area contributed by atoms with Crippen LogP contribution in [-0.2, 0) is 4.79 Å². The van der Waals surface area contributed by atoms with Crippen LogP contribution in [0, 0.1) is 0 Å². The number of carbonyl (C=O) groups excluding carboxylic acids is 1. The third-order valence-electron chi connectivity index (χ3n) is 3.69. The van der Waals surface area contributed by atoms with Gasteiger partial charge in [0.25, 0.3) is 5.91 Å². The Labute approximate surface area is 153 Å². The van der Waals surface area contributed by atoms with Crippen molar-refractivity contribution < 1.29 is 19.0 Å². The Balaban J connectivity index is 1.98. The molecule has 7 nitrogen and oxygen atoms in total. The van der Waals surface area contributed by atoms with E-state index in [2.05, 4.69) is 15.8 Å². The summed E-state index contributed by atoms with van der Waals surface area (Å²) in [5.74, 6) is 1.67. The summed E-state index contributed by atoms with van der Waals surface area (Å²) in [4.78, 5) is 12.2. The minimum absolute atomic E-state index is 0.278. The highest BCUT2D eigenvalue weighted by molar-refractivity contribution is 5.88. The van der Waals surface area contributed by atoms with Crippen LogP contribution in [0.25, 0.3) is 0 Å². The van der Waals surface area contributed by atoms with E-state index >= 15 is 0 Å². The van der Waals surface area contributed by atoms with Crippen molar-refractivity contribution in [1.82, 2.24) is 5.43 Å². The largest absolute Gasteiger partial charge is 0.497 e. The predicted molar refractivity (Wildman–Crippen MR) is 101 cm³/mol. The first-order valence-corrected chi connectivity index (χ1v) is 8.03. The molecule has 138 valence electrons. The van der Waals surface area contributed by atoms with Crippen LogP contribution >= 0.6 is 0 Å². The van der Waals surface area contributed by atoms with E-state index in [4.69, 9.17) is 14.2 Å². The van der Waals surface area contributed by atoms with Crippen LogP contribution in [0.1, 0.15) is 12.5 Å². The quantitative estimate of drug-likeness (QED) is 0.561. The summed E-state index contributed by atoms with van der Waals surface area (Å²) in [5, 5.41) is 7.09. The highest BCUT2D eigenvalue weighted by atomic mass is 16.5. The summed E-state index contributed by atoms with van der Waals surface area (Å²) in [6.07, 6.45) is 1.52. The molecule has 7 heteroatoms. The molecule has 0 aliphatic heterocycles. The molecule has 0 radical (unpaired) electrons. The minimum Gasteiger partial charge on any atom is -0.497 e. The average molecular weight is 357 g/mol. The smallest absolute Gasteiger partial charge is 0.262 e. The Morgan fingerprint density at radius 3 is 2.46 bits per heavy atom. The Morgan fingerprint density at radius 2 is 1.77 bits per heavy atom. The van der Waals surface area contributed by atoms with Crippen molar-refractivity contribution in [2.45, 2.75) is 13.0 Å². The first kappa shape index (κ1) is 19.1. The first-order valence-electron chi connectivity index (χ1n) is 8.03. The molecule has 1 amide bonds. The van der Waals surface area contributed by atoms with Crippen molar-refractivity contribution in [2.75, 3.05) is 26.6 Å². The standard InChI is InChI=1S/C19H23N3O4/c1-13(21-16-7-5-6-8-17(16)25-3)19(23)22-20-12-14-9-10-15(24-2)11-18(14)26-4/h5-13,21H,1-4H3,(H,22,23)/b20-12-/t13-/m1/s1. The normalized spacial score (nSPS) is 11.7. The lowest BCUT2D eigenvalue weighted by molar-refractivity contribution is -0.121. The molecular weight excluding hydrogens is 334 g/mol. The van der Waals surface area contributed by atoms with Gasteiger partial charge in [-0.25, -0.2) is 5.43 Å². The van der Waals surface area contributed by atoms with Gasteiger partial charge in [-0.05, 0) is 31.2 Å². The number of hydrogen-bond donors (Lipinski definition) is 2. The molecule has 2 aromatic carbocycles. The van der Waals surface area contributed by atoms with Crippen molar-refractivity contribution in [3.8, 4) is 17.2 Å². The molecule has 0 saturated carbocycles. The van der Waals surface area contributed by atoms with E-state index in [-0.39, 0.29) is 5.91 Å². The number of para-hydroxylation sites is 2. The van der Waals surface area contributed by atoms with Gasteiger partial charge in [0.1, 0.15) is 23.3 Å². The molecule has 0 spiro atoms. The fourth-order valence-electron chi connectivity index (χ4n) is 2.25. The SMILES string of the molecule is COc1ccc(/C=N\NC(=O)[C@@H](C)Nc2ccccc2OC)c(OC)c1. The van der Waals surface area contributed by atoms with Crippen LogP contribution in [-0.4, -0.2) is 39.5 Å². The zero-order valence-electron chi connectivity index (χ0n) is 15.3. The Morgan fingerprint density at radius 1 is 1.04 bits per heavy atom. The van der Waals surface area contributed by atoms with Gasteiger partial charge in [-0.15, -0.1) is 0 Å². The lowest BCUT2D eigenvalue weighted by Crippen LogP contribution is -2.35. The molecule has 0 aromatic heterocycles. The summed E-state index contributed by atoms with van der Waals surface area (Å²) in [6.45, 7) is 1.74. The van der Waals surface area contributed by atoms with Crippen LogP contribution < -0.4 is 25.0 Å². The highest BCUT2D eigenvalue weighted by Gasteiger charge is 2.13. The first-order chi connectivity index (χ1) is 12.6. The van der Waals surface area contributed by atoms with Crippen molar-refractivity contribution >= 4 is 17.8 Å². The van der Waals surface area contributed by atoms with Crippen LogP contribution in [0.5, 0.6) is 17.2 Å². The van der Waals surface area contributed by atoms with Gasteiger partial charge in [0, 0.05) is 11.6 Å². The van der Waals surface area contributed by atoms with E-state index in [0.717, 1.165) is 11.3 Å². The molecule has 0 heterocycles. The third kappa shape index (κ3) is 4.89. The van der Waals surface area contributed by atoms with Crippen LogP contribution in [0.15, 0.2) is 47.6 Å². The predicted octanol–water partition coefficient (Wildman–Crippen LogP) is 2.66. The zero-order chi connectivity index (χ0) is 18.9.